The zero-order valence-corrected chi connectivity index (χ0v) is 25.7. The van der Waals surface area contributed by atoms with Gasteiger partial charge in [0.25, 0.3) is 0 Å². The van der Waals surface area contributed by atoms with Crippen LogP contribution in [0, 0.1) is 5.92 Å². The Kier molecular flexibility index (Phi) is 19.2. The molecular weight excluding hydrogens is 560 g/mol. The maximum Gasteiger partial charge on any atom is 0.417 e. The molecule has 7 nitrogen and oxygen atoms in total. The van der Waals surface area contributed by atoms with Gasteiger partial charge in [-0.25, -0.2) is 9.69 Å². The number of rotatable bonds is 22. The summed E-state index contributed by atoms with van der Waals surface area (Å²) in [6, 6.07) is 5.37. The van der Waals surface area contributed by atoms with Gasteiger partial charge in [0.05, 0.1) is 36.9 Å². The third kappa shape index (κ3) is 15.8. The molecule has 0 aliphatic carbocycles. The lowest BCUT2D eigenvalue weighted by Gasteiger charge is -2.20. The van der Waals surface area contributed by atoms with E-state index in [1.165, 1.54) is 83.5 Å². The van der Waals surface area contributed by atoms with Crippen LogP contribution in [0.25, 0.3) is 0 Å². The van der Waals surface area contributed by atoms with E-state index in [1.807, 2.05) is 6.07 Å². The van der Waals surface area contributed by atoms with E-state index < -0.39 is 6.09 Å². The molecule has 2 heterocycles. The summed E-state index contributed by atoms with van der Waals surface area (Å²) in [5.41, 5.74) is 0.622. The lowest BCUT2D eigenvalue weighted by atomic mass is 10.0. The lowest BCUT2D eigenvalue weighted by Crippen LogP contribution is -2.38. The molecule has 0 unspecified atom stereocenters. The van der Waals surface area contributed by atoms with Crippen LogP contribution < -0.4 is 0 Å². The van der Waals surface area contributed by atoms with Gasteiger partial charge in [-0.05, 0) is 25.0 Å². The van der Waals surface area contributed by atoms with Crippen molar-refractivity contribution in [2.75, 3.05) is 31.8 Å². The van der Waals surface area contributed by atoms with Gasteiger partial charge in [0.15, 0.2) is 0 Å². The summed E-state index contributed by atoms with van der Waals surface area (Å²) in [6.45, 7) is 4.56. The van der Waals surface area contributed by atoms with Crippen LogP contribution in [0.2, 0.25) is 0 Å². The van der Waals surface area contributed by atoms with E-state index in [9.17, 15) is 9.59 Å². The van der Waals surface area contributed by atoms with Gasteiger partial charge in [-0.1, -0.05) is 112 Å². The number of halogens is 1. The molecule has 0 spiro atoms. The third-order valence-corrected chi connectivity index (χ3v) is 7.71. The monoisotopic (exact) mass is 610 g/mol. The first-order valence-corrected chi connectivity index (χ1v) is 16.4. The predicted octanol–water partition coefficient (Wildman–Crippen LogP) is 7.84. The van der Waals surface area contributed by atoms with Crippen LogP contribution in [-0.2, 0) is 25.5 Å². The van der Waals surface area contributed by atoms with Crippen molar-refractivity contribution in [3.63, 3.8) is 0 Å². The molecule has 2 atom stereocenters. The van der Waals surface area contributed by atoms with Crippen LogP contribution in [0.3, 0.4) is 0 Å². The van der Waals surface area contributed by atoms with Crippen molar-refractivity contribution < 1.29 is 23.8 Å². The van der Waals surface area contributed by atoms with Gasteiger partial charge in [-0.15, -0.1) is 0 Å². The highest BCUT2D eigenvalue weighted by Gasteiger charge is 2.29. The average molecular weight is 612 g/mol. The summed E-state index contributed by atoms with van der Waals surface area (Å²) < 4.78 is 17.1. The Balaban J connectivity index is 1.44. The molecule has 0 bridgehead atoms. The summed E-state index contributed by atoms with van der Waals surface area (Å²) in [7, 11) is 0. The molecule has 1 aromatic rings. The van der Waals surface area contributed by atoms with Crippen molar-refractivity contribution in [1.82, 2.24) is 9.88 Å². The number of carbonyl (C=O) groups excluding carboxylic acids is 2. The Morgan fingerprint density at radius 3 is 2.18 bits per heavy atom. The van der Waals surface area contributed by atoms with E-state index >= 15 is 0 Å². The van der Waals surface area contributed by atoms with Gasteiger partial charge in [-0.2, -0.15) is 0 Å². The van der Waals surface area contributed by atoms with E-state index in [4.69, 9.17) is 14.2 Å². The van der Waals surface area contributed by atoms with Gasteiger partial charge < -0.3 is 14.2 Å². The number of carbonyl (C=O) groups is 2. The molecule has 8 heteroatoms. The first kappa shape index (κ1) is 33.7. The highest BCUT2D eigenvalue weighted by Crippen LogP contribution is 2.21. The molecule has 222 valence electrons. The molecule has 1 aliphatic heterocycles. The maximum atomic E-state index is 12.6. The zero-order valence-electron chi connectivity index (χ0n) is 24.1. The van der Waals surface area contributed by atoms with Crippen molar-refractivity contribution in [3.8, 4) is 0 Å². The first-order valence-electron chi connectivity index (χ1n) is 15.3. The fraction of sp³-hybridized carbons (Fsp3) is 0.774. The van der Waals surface area contributed by atoms with Crippen LogP contribution in [0.15, 0.2) is 24.4 Å². The molecule has 2 amide bonds. The van der Waals surface area contributed by atoms with Crippen molar-refractivity contribution in [1.29, 1.82) is 0 Å². The fourth-order valence-electron chi connectivity index (χ4n) is 4.88. The second kappa shape index (κ2) is 22.2. The minimum Gasteiger partial charge on any atom is -0.446 e. The van der Waals surface area contributed by atoms with Crippen molar-refractivity contribution in [2.45, 2.75) is 116 Å². The predicted molar refractivity (Wildman–Crippen MR) is 159 cm³/mol. The van der Waals surface area contributed by atoms with E-state index in [-0.39, 0.29) is 30.5 Å². The van der Waals surface area contributed by atoms with Crippen LogP contribution in [0.1, 0.15) is 109 Å². The van der Waals surface area contributed by atoms with E-state index in [1.54, 1.807) is 18.3 Å². The van der Waals surface area contributed by atoms with Crippen LogP contribution >= 0.6 is 15.9 Å². The summed E-state index contributed by atoms with van der Waals surface area (Å²) in [5, 5.41) is 0.0353. The topological polar surface area (TPSA) is 78.0 Å². The molecule has 1 fully saturated rings. The summed E-state index contributed by atoms with van der Waals surface area (Å²) >= 11 is 3.13. The number of aromatic nitrogens is 1. The van der Waals surface area contributed by atoms with Gasteiger partial charge in [0.2, 0.25) is 5.91 Å². The van der Waals surface area contributed by atoms with Crippen molar-refractivity contribution in [3.05, 3.63) is 30.1 Å². The zero-order chi connectivity index (χ0) is 28.0. The number of unbranched alkanes of at least 4 members (excludes halogenated alkanes) is 13. The minimum absolute atomic E-state index is 0.0353. The molecule has 0 N–H and O–H groups in total. The molecular formula is C31H51BrN2O5. The van der Waals surface area contributed by atoms with Crippen molar-refractivity contribution >= 4 is 27.9 Å². The summed E-state index contributed by atoms with van der Waals surface area (Å²) in [6.07, 6.45) is 20.6. The lowest BCUT2D eigenvalue weighted by molar-refractivity contribution is -0.127. The van der Waals surface area contributed by atoms with Gasteiger partial charge in [0, 0.05) is 18.7 Å². The van der Waals surface area contributed by atoms with E-state index in [0.717, 1.165) is 24.3 Å². The van der Waals surface area contributed by atoms with Gasteiger partial charge in [-0.3, -0.25) is 9.78 Å². The molecule has 39 heavy (non-hydrogen) atoms. The second-order valence-corrected chi connectivity index (χ2v) is 11.3. The molecule has 1 aliphatic rings. The standard InChI is InChI=1S/C31H51BrN2O5/c1-2-3-4-5-6-7-8-9-10-11-12-13-14-17-20-37-24-27-21-29(38-25-27)26-39-31(36)34(30(35)22-32)23-28-18-15-16-19-33-28/h15-16,18-19,27,29H,2-14,17,20-26H2,1H3/t27-,29-/m0/s1. The molecule has 1 saturated heterocycles. The Morgan fingerprint density at radius 2 is 1.59 bits per heavy atom. The molecule has 0 saturated carbocycles. The van der Waals surface area contributed by atoms with E-state index in [2.05, 4.69) is 27.8 Å². The van der Waals surface area contributed by atoms with Crippen LogP contribution in [0.4, 0.5) is 4.79 Å². The number of hydrogen-bond donors (Lipinski definition) is 0. The quantitative estimate of drug-likeness (QED) is 0.0982. The Bertz CT molecular complexity index is 767. The Labute approximate surface area is 244 Å². The number of imide groups is 1. The number of nitrogens with zero attached hydrogens (tertiary/aromatic N) is 2. The van der Waals surface area contributed by atoms with Crippen LogP contribution in [0.5, 0.6) is 0 Å². The average Bonchev–Trinajstić information content (AvgIpc) is 3.42. The van der Waals surface area contributed by atoms with Crippen LogP contribution in [-0.4, -0.2) is 59.7 Å². The van der Waals surface area contributed by atoms with E-state index in [0.29, 0.717) is 24.8 Å². The minimum atomic E-state index is -0.675. The highest BCUT2D eigenvalue weighted by molar-refractivity contribution is 9.09. The second-order valence-electron chi connectivity index (χ2n) is 10.7. The number of ether oxygens (including phenoxy) is 3. The molecule has 1 aromatic heterocycles. The number of amides is 2. The highest BCUT2D eigenvalue weighted by atomic mass is 79.9. The molecule has 0 aromatic carbocycles. The Hall–Kier alpha value is -1.51. The number of alkyl halides is 1. The molecule has 2 rings (SSSR count). The number of pyridine rings is 1. The fourth-order valence-corrected chi connectivity index (χ4v) is 5.19. The van der Waals surface area contributed by atoms with Crippen molar-refractivity contribution in [2.24, 2.45) is 5.92 Å². The third-order valence-electron chi connectivity index (χ3n) is 7.23. The maximum absolute atomic E-state index is 12.6. The van der Waals surface area contributed by atoms with Gasteiger partial charge in [0.1, 0.15) is 6.61 Å². The summed E-state index contributed by atoms with van der Waals surface area (Å²) in [5.74, 6) is -0.0538. The summed E-state index contributed by atoms with van der Waals surface area (Å²) in [4.78, 5) is 30.1. The SMILES string of the molecule is CCCCCCCCCCCCCCCCOC[C@H]1CO[C@H](COC(=O)N(Cc2ccccn2)C(=O)CBr)C1. The van der Waals surface area contributed by atoms with Gasteiger partial charge >= 0.3 is 6.09 Å². The number of hydrogen-bond acceptors (Lipinski definition) is 6. The largest absolute Gasteiger partial charge is 0.446 e. The first-order chi connectivity index (χ1) is 19.1. The normalized spacial score (nSPS) is 16.9. The Morgan fingerprint density at radius 1 is 0.949 bits per heavy atom. The smallest absolute Gasteiger partial charge is 0.417 e. The molecule has 0 radical (unpaired) electrons.